The van der Waals surface area contributed by atoms with Crippen LogP contribution in [-0.2, 0) is 9.53 Å². The van der Waals surface area contributed by atoms with Crippen molar-refractivity contribution in [3.63, 3.8) is 0 Å². The highest BCUT2D eigenvalue weighted by molar-refractivity contribution is 6.33. The number of nitro groups is 1. The molecule has 156 valence electrons. The summed E-state index contributed by atoms with van der Waals surface area (Å²) in [4.78, 5) is 26.8. The topological polar surface area (TPSA) is 100 Å². The number of carbonyl (C=O) groups is 1. The van der Waals surface area contributed by atoms with Crippen molar-refractivity contribution in [2.45, 2.75) is 20.0 Å². The summed E-state index contributed by atoms with van der Waals surface area (Å²) in [6, 6.07) is 7.25. The van der Waals surface area contributed by atoms with Gasteiger partial charge in [0.25, 0.3) is 5.69 Å². The van der Waals surface area contributed by atoms with Crippen molar-refractivity contribution in [1.82, 2.24) is 0 Å². The summed E-state index contributed by atoms with van der Waals surface area (Å²) in [5.74, 6) is 0.0129. The molecule has 2 aromatic carbocycles. The normalized spacial score (nSPS) is 14.7. The van der Waals surface area contributed by atoms with E-state index in [1.54, 1.807) is 12.1 Å². The monoisotopic (exact) mass is 450 g/mol. The van der Waals surface area contributed by atoms with Gasteiger partial charge in [0, 0.05) is 11.6 Å². The van der Waals surface area contributed by atoms with Crippen LogP contribution in [0.25, 0.3) is 6.08 Å². The van der Waals surface area contributed by atoms with Crippen molar-refractivity contribution < 1.29 is 23.9 Å². The number of esters is 1. The zero-order valence-electron chi connectivity index (χ0n) is 16.1. The van der Waals surface area contributed by atoms with Gasteiger partial charge in [-0.2, -0.15) is 0 Å². The molecule has 10 heteroatoms. The van der Waals surface area contributed by atoms with Crippen LogP contribution in [0.1, 0.15) is 25.0 Å². The molecule has 2 aromatic rings. The molecule has 30 heavy (non-hydrogen) atoms. The number of rotatable bonds is 6. The third-order valence-electron chi connectivity index (χ3n) is 3.92. The van der Waals surface area contributed by atoms with E-state index in [1.807, 2.05) is 13.8 Å². The molecule has 0 amide bonds. The quantitative estimate of drug-likeness (QED) is 0.264. The number of nitrogens with zero attached hydrogens (tertiary/aromatic N) is 2. The average molecular weight is 451 g/mol. The summed E-state index contributed by atoms with van der Waals surface area (Å²) < 4.78 is 16.2. The van der Waals surface area contributed by atoms with Gasteiger partial charge in [-0.3, -0.25) is 10.1 Å². The van der Waals surface area contributed by atoms with E-state index < -0.39 is 10.9 Å². The number of methoxy groups -OCH3 is 1. The second-order valence-electron chi connectivity index (χ2n) is 6.46. The fourth-order valence-corrected chi connectivity index (χ4v) is 3.10. The Hall–Kier alpha value is -3.10. The number of hydrogen-bond acceptors (Lipinski definition) is 7. The Morgan fingerprint density at radius 3 is 2.57 bits per heavy atom. The highest BCUT2D eigenvalue weighted by Gasteiger charge is 2.26. The SMILES string of the molecule is COc1cc(/C=C2\N=C(c3ccc(Cl)c([N+](=O)[O-])c3)OC2=O)cc(Cl)c1OC(C)C. The van der Waals surface area contributed by atoms with Gasteiger partial charge in [0.1, 0.15) is 5.02 Å². The number of benzene rings is 2. The van der Waals surface area contributed by atoms with E-state index in [9.17, 15) is 14.9 Å². The number of aliphatic imine (C=N–C) groups is 1. The molecular formula is C20H16Cl2N2O6. The molecule has 0 saturated carbocycles. The highest BCUT2D eigenvalue weighted by Crippen LogP contribution is 2.38. The zero-order valence-corrected chi connectivity index (χ0v) is 17.7. The van der Waals surface area contributed by atoms with Crippen LogP contribution in [0, 0.1) is 10.1 Å². The lowest BCUT2D eigenvalue weighted by Crippen LogP contribution is -2.07. The van der Waals surface area contributed by atoms with Crippen LogP contribution >= 0.6 is 23.2 Å². The van der Waals surface area contributed by atoms with Crippen LogP contribution in [0.15, 0.2) is 41.0 Å². The molecule has 0 aromatic heterocycles. The average Bonchev–Trinajstić information content (AvgIpc) is 3.04. The van der Waals surface area contributed by atoms with Gasteiger partial charge in [-0.05, 0) is 49.8 Å². The lowest BCUT2D eigenvalue weighted by Gasteiger charge is -2.15. The molecule has 0 fully saturated rings. The van der Waals surface area contributed by atoms with E-state index in [-0.39, 0.29) is 34.0 Å². The molecule has 0 saturated heterocycles. The molecule has 1 aliphatic heterocycles. The van der Waals surface area contributed by atoms with Crippen LogP contribution in [0.3, 0.4) is 0 Å². The molecule has 0 bridgehead atoms. The van der Waals surface area contributed by atoms with E-state index in [0.717, 1.165) is 0 Å². The van der Waals surface area contributed by atoms with Crippen LogP contribution < -0.4 is 9.47 Å². The maximum Gasteiger partial charge on any atom is 0.363 e. The number of carbonyl (C=O) groups excluding carboxylic acids is 1. The number of halogens is 2. The summed E-state index contributed by atoms with van der Waals surface area (Å²) >= 11 is 12.1. The minimum absolute atomic E-state index is 0.00162. The summed E-state index contributed by atoms with van der Waals surface area (Å²) in [6.45, 7) is 3.72. The Labute approximate surface area is 181 Å². The Kier molecular flexibility index (Phi) is 6.28. The van der Waals surface area contributed by atoms with Gasteiger partial charge in [0.05, 0.1) is 23.2 Å². The van der Waals surface area contributed by atoms with E-state index in [4.69, 9.17) is 37.4 Å². The first-order chi connectivity index (χ1) is 14.2. The molecule has 0 N–H and O–H groups in total. The fraction of sp³-hybridized carbons (Fsp3) is 0.200. The smallest absolute Gasteiger partial charge is 0.363 e. The predicted octanol–water partition coefficient (Wildman–Crippen LogP) is 5.04. The molecule has 0 radical (unpaired) electrons. The van der Waals surface area contributed by atoms with Crippen LogP contribution in [0.5, 0.6) is 11.5 Å². The van der Waals surface area contributed by atoms with Gasteiger partial charge < -0.3 is 14.2 Å². The minimum Gasteiger partial charge on any atom is -0.493 e. The van der Waals surface area contributed by atoms with Gasteiger partial charge in [0.2, 0.25) is 5.90 Å². The maximum absolute atomic E-state index is 12.2. The second-order valence-corrected chi connectivity index (χ2v) is 7.27. The largest absolute Gasteiger partial charge is 0.493 e. The van der Waals surface area contributed by atoms with Crippen molar-refractivity contribution in [2.75, 3.05) is 7.11 Å². The number of ether oxygens (including phenoxy) is 3. The predicted molar refractivity (Wildman–Crippen MR) is 112 cm³/mol. The first-order valence-corrected chi connectivity index (χ1v) is 9.46. The maximum atomic E-state index is 12.2. The van der Waals surface area contributed by atoms with Gasteiger partial charge >= 0.3 is 5.97 Å². The van der Waals surface area contributed by atoms with Crippen molar-refractivity contribution in [3.8, 4) is 11.5 Å². The molecule has 1 aliphatic rings. The van der Waals surface area contributed by atoms with E-state index in [0.29, 0.717) is 22.1 Å². The third-order valence-corrected chi connectivity index (χ3v) is 4.52. The van der Waals surface area contributed by atoms with Gasteiger partial charge in [-0.25, -0.2) is 9.79 Å². The first-order valence-electron chi connectivity index (χ1n) is 8.70. The van der Waals surface area contributed by atoms with Crippen LogP contribution in [0.2, 0.25) is 10.0 Å². The summed E-state index contributed by atoms with van der Waals surface area (Å²) in [5, 5.41) is 11.3. The van der Waals surface area contributed by atoms with Crippen molar-refractivity contribution in [3.05, 3.63) is 67.3 Å². The molecule has 1 heterocycles. The molecular weight excluding hydrogens is 435 g/mol. The van der Waals surface area contributed by atoms with Crippen LogP contribution in [-0.4, -0.2) is 30.0 Å². The number of cyclic esters (lactones) is 1. The van der Waals surface area contributed by atoms with Gasteiger partial charge in [0.15, 0.2) is 17.2 Å². The van der Waals surface area contributed by atoms with E-state index in [2.05, 4.69) is 4.99 Å². The Balaban J connectivity index is 1.98. The van der Waals surface area contributed by atoms with Crippen LogP contribution in [0.4, 0.5) is 5.69 Å². The zero-order chi connectivity index (χ0) is 22.0. The minimum atomic E-state index is -0.708. The molecule has 0 atom stereocenters. The Bertz CT molecular complexity index is 1090. The summed E-state index contributed by atoms with van der Waals surface area (Å²) in [7, 11) is 1.48. The van der Waals surface area contributed by atoms with Gasteiger partial charge in [-0.1, -0.05) is 23.2 Å². The van der Waals surface area contributed by atoms with Crippen molar-refractivity contribution in [2.24, 2.45) is 4.99 Å². The lowest BCUT2D eigenvalue weighted by molar-refractivity contribution is -0.384. The molecule has 0 spiro atoms. The van der Waals surface area contributed by atoms with E-state index in [1.165, 1.54) is 31.4 Å². The van der Waals surface area contributed by atoms with E-state index >= 15 is 0 Å². The number of nitro benzene ring substituents is 1. The molecule has 0 aliphatic carbocycles. The first kappa shape index (κ1) is 21.6. The molecule has 0 unspecified atom stereocenters. The second kappa shape index (κ2) is 8.73. The number of hydrogen-bond donors (Lipinski definition) is 0. The Morgan fingerprint density at radius 2 is 1.93 bits per heavy atom. The van der Waals surface area contributed by atoms with Gasteiger partial charge in [-0.15, -0.1) is 0 Å². The van der Waals surface area contributed by atoms with Crippen molar-refractivity contribution >= 4 is 46.8 Å². The van der Waals surface area contributed by atoms with Crippen molar-refractivity contribution in [1.29, 1.82) is 0 Å². The Morgan fingerprint density at radius 1 is 1.20 bits per heavy atom. The molecule has 3 rings (SSSR count). The lowest BCUT2D eigenvalue weighted by atomic mass is 10.1. The highest BCUT2D eigenvalue weighted by atomic mass is 35.5. The molecule has 8 nitrogen and oxygen atoms in total. The fourth-order valence-electron chi connectivity index (χ4n) is 2.65. The summed E-state index contributed by atoms with van der Waals surface area (Å²) in [5.41, 5.74) is 0.465. The third kappa shape index (κ3) is 4.55. The summed E-state index contributed by atoms with van der Waals surface area (Å²) in [6.07, 6.45) is 1.36. The standard InChI is InChI=1S/C20H16Cl2N2O6/c1-10(2)29-18-14(22)6-11(8-17(18)28-3)7-15-20(25)30-19(23-15)12-4-5-13(21)16(9-12)24(26)27/h4-10H,1-3H3/b15-7-.